The van der Waals surface area contributed by atoms with Gasteiger partial charge in [-0.25, -0.2) is 9.97 Å². The predicted octanol–water partition coefficient (Wildman–Crippen LogP) is 5.47. The number of hydrogen-bond donors (Lipinski definition) is 2. The molecule has 1 aromatic heterocycles. The molecular weight excluding hydrogens is 348 g/mol. The van der Waals surface area contributed by atoms with Crippen molar-refractivity contribution >= 4 is 23.2 Å². The summed E-state index contributed by atoms with van der Waals surface area (Å²) in [6.45, 7) is 8.37. The van der Waals surface area contributed by atoms with E-state index in [4.69, 9.17) is 0 Å². The van der Waals surface area contributed by atoms with Crippen LogP contribution in [0, 0.1) is 6.92 Å². The average molecular weight is 374 g/mol. The third kappa shape index (κ3) is 4.36. The van der Waals surface area contributed by atoms with Crippen LogP contribution in [0.15, 0.2) is 54.9 Å². The summed E-state index contributed by atoms with van der Waals surface area (Å²) in [5, 5.41) is 6.24. The lowest BCUT2D eigenvalue weighted by Gasteiger charge is -2.14. The molecule has 5 heteroatoms. The molecule has 3 aromatic rings. The SMILES string of the molecule is CCc1cccc(C)c1Nc1ncc(C(=O)Nc2ccccc2C(C)C)cn1. The van der Waals surface area contributed by atoms with Gasteiger partial charge in [0.1, 0.15) is 0 Å². The highest BCUT2D eigenvalue weighted by molar-refractivity contribution is 6.04. The van der Waals surface area contributed by atoms with Gasteiger partial charge in [-0.2, -0.15) is 0 Å². The monoisotopic (exact) mass is 374 g/mol. The second-order valence-electron chi connectivity index (χ2n) is 7.08. The van der Waals surface area contributed by atoms with E-state index in [9.17, 15) is 4.79 Å². The van der Waals surface area contributed by atoms with Gasteiger partial charge in [-0.05, 0) is 42.0 Å². The van der Waals surface area contributed by atoms with Crippen molar-refractivity contribution in [3.05, 3.63) is 77.1 Å². The summed E-state index contributed by atoms with van der Waals surface area (Å²) in [6, 6.07) is 14.0. The van der Waals surface area contributed by atoms with Gasteiger partial charge < -0.3 is 10.6 Å². The van der Waals surface area contributed by atoms with E-state index in [1.807, 2.05) is 30.3 Å². The summed E-state index contributed by atoms with van der Waals surface area (Å²) in [6.07, 6.45) is 4.01. The van der Waals surface area contributed by atoms with Gasteiger partial charge in [-0.1, -0.05) is 57.2 Å². The lowest BCUT2D eigenvalue weighted by atomic mass is 10.0. The van der Waals surface area contributed by atoms with E-state index in [0.717, 1.165) is 28.9 Å². The molecule has 0 saturated carbocycles. The summed E-state index contributed by atoms with van der Waals surface area (Å²) in [5.74, 6) is 0.578. The van der Waals surface area contributed by atoms with Crippen molar-refractivity contribution < 1.29 is 4.79 Å². The standard InChI is InChI=1S/C23H26N4O/c1-5-17-10-8-9-16(4)21(17)27-23-24-13-18(14-25-23)22(28)26-20-12-7-6-11-19(20)15(2)3/h6-15H,5H2,1-4H3,(H,26,28)(H,24,25,27). The zero-order valence-electron chi connectivity index (χ0n) is 16.8. The number of amides is 1. The minimum absolute atomic E-state index is 0.218. The van der Waals surface area contributed by atoms with Gasteiger partial charge in [0.2, 0.25) is 5.95 Å². The molecular formula is C23H26N4O. The molecule has 2 aromatic carbocycles. The van der Waals surface area contributed by atoms with E-state index in [1.165, 1.54) is 5.56 Å². The number of aryl methyl sites for hydroxylation is 2. The Morgan fingerprint density at radius 2 is 1.75 bits per heavy atom. The smallest absolute Gasteiger partial charge is 0.258 e. The normalized spacial score (nSPS) is 10.8. The molecule has 0 fully saturated rings. The highest BCUT2D eigenvalue weighted by atomic mass is 16.1. The molecule has 3 rings (SSSR count). The maximum absolute atomic E-state index is 12.6. The van der Waals surface area contributed by atoms with Gasteiger partial charge in [0.05, 0.1) is 5.56 Å². The van der Waals surface area contributed by atoms with Crippen molar-refractivity contribution in [3.63, 3.8) is 0 Å². The summed E-state index contributed by atoms with van der Waals surface area (Å²) >= 11 is 0. The van der Waals surface area contributed by atoms with Crippen LogP contribution in [-0.4, -0.2) is 15.9 Å². The number of anilines is 3. The molecule has 0 radical (unpaired) electrons. The molecule has 0 unspecified atom stereocenters. The minimum Gasteiger partial charge on any atom is -0.324 e. The highest BCUT2D eigenvalue weighted by Gasteiger charge is 2.12. The van der Waals surface area contributed by atoms with Gasteiger partial charge in [-0.15, -0.1) is 0 Å². The molecule has 0 aliphatic heterocycles. The van der Waals surface area contributed by atoms with Crippen molar-refractivity contribution in [2.45, 2.75) is 40.0 Å². The van der Waals surface area contributed by atoms with Gasteiger partial charge in [0.25, 0.3) is 5.91 Å². The number of nitrogens with one attached hydrogen (secondary N) is 2. The van der Waals surface area contributed by atoms with Gasteiger partial charge >= 0.3 is 0 Å². The summed E-state index contributed by atoms with van der Waals surface area (Å²) in [7, 11) is 0. The Morgan fingerprint density at radius 1 is 1.04 bits per heavy atom. The number of hydrogen-bond acceptors (Lipinski definition) is 4. The molecule has 0 aliphatic carbocycles. The molecule has 28 heavy (non-hydrogen) atoms. The Balaban J connectivity index is 1.76. The number of benzene rings is 2. The maximum atomic E-state index is 12.6. The topological polar surface area (TPSA) is 66.9 Å². The predicted molar refractivity (Wildman–Crippen MR) is 114 cm³/mol. The first-order chi connectivity index (χ1) is 13.5. The Labute approximate surface area is 166 Å². The quantitative estimate of drug-likeness (QED) is 0.601. The summed E-state index contributed by atoms with van der Waals surface area (Å²) in [4.78, 5) is 21.3. The van der Waals surface area contributed by atoms with Crippen LogP contribution in [0.1, 0.15) is 53.7 Å². The van der Waals surface area contributed by atoms with E-state index in [-0.39, 0.29) is 5.91 Å². The van der Waals surface area contributed by atoms with E-state index in [0.29, 0.717) is 17.4 Å². The first-order valence-electron chi connectivity index (χ1n) is 9.57. The third-order valence-corrected chi connectivity index (χ3v) is 4.72. The number of para-hydroxylation sites is 2. The van der Waals surface area contributed by atoms with E-state index >= 15 is 0 Å². The lowest BCUT2D eigenvalue weighted by Crippen LogP contribution is -2.14. The van der Waals surface area contributed by atoms with Gasteiger partial charge in [0, 0.05) is 23.8 Å². The van der Waals surface area contributed by atoms with Crippen LogP contribution in [-0.2, 0) is 6.42 Å². The second-order valence-corrected chi connectivity index (χ2v) is 7.08. The fourth-order valence-electron chi connectivity index (χ4n) is 3.13. The van der Waals surface area contributed by atoms with Crippen molar-refractivity contribution in [1.29, 1.82) is 0 Å². The lowest BCUT2D eigenvalue weighted by molar-refractivity contribution is 0.102. The van der Waals surface area contributed by atoms with Crippen LogP contribution in [0.5, 0.6) is 0 Å². The molecule has 2 N–H and O–H groups in total. The zero-order valence-corrected chi connectivity index (χ0v) is 16.8. The van der Waals surface area contributed by atoms with Crippen LogP contribution < -0.4 is 10.6 Å². The average Bonchev–Trinajstić information content (AvgIpc) is 2.70. The fraction of sp³-hybridized carbons (Fsp3) is 0.261. The number of carbonyl (C=O) groups is 1. The van der Waals surface area contributed by atoms with Gasteiger partial charge in [0.15, 0.2) is 0 Å². The van der Waals surface area contributed by atoms with E-state index in [2.05, 4.69) is 60.4 Å². The van der Waals surface area contributed by atoms with Gasteiger partial charge in [-0.3, -0.25) is 4.79 Å². The molecule has 0 spiro atoms. The maximum Gasteiger partial charge on any atom is 0.258 e. The fourth-order valence-corrected chi connectivity index (χ4v) is 3.13. The molecule has 0 saturated heterocycles. The highest BCUT2D eigenvalue weighted by Crippen LogP contribution is 2.25. The van der Waals surface area contributed by atoms with Crippen molar-refractivity contribution in [2.24, 2.45) is 0 Å². The van der Waals surface area contributed by atoms with E-state index < -0.39 is 0 Å². The summed E-state index contributed by atoms with van der Waals surface area (Å²) < 4.78 is 0. The minimum atomic E-state index is -0.218. The first-order valence-corrected chi connectivity index (χ1v) is 9.57. The Morgan fingerprint density at radius 3 is 2.43 bits per heavy atom. The zero-order chi connectivity index (χ0) is 20.1. The van der Waals surface area contributed by atoms with Crippen LogP contribution in [0.25, 0.3) is 0 Å². The first kappa shape index (κ1) is 19.5. The van der Waals surface area contributed by atoms with Crippen molar-refractivity contribution in [1.82, 2.24) is 9.97 Å². The third-order valence-electron chi connectivity index (χ3n) is 4.72. The molecule has 0 bridgehead atoms. The molecule has 144 valence electrons. The van der Waals surface area contributed by atoms with Crippen LogP contribution in [0.4, 0.5) is 17.3 Å². The molecule has 5 nitrogen and oxygen atoms in total. The Hall–Kier alpha value is -3.21. The van der Waals surface area contributed by atoms with E-state index in [1.54, 1.807) is 12.4 Å². The summed E-state index contributed by atoms with van der Waals surface area (Å²) in [5.41, 5.74) is 5.70. The second kappa shape index (κ2) is 8.65. The van der Waals surface area contributed by atoms with Crippen LogP contribution in [0.2, 0.25) is 0 Å². The number of aromatic nitrogens is 2. The Bertz CT molecular complexity index is 965. The molecule has 1 amide bonds. The number of nitrogens with zero attached hydrogens (tertiary/aromatic N) is 2. The molecule has 1 heterocycles. The van der Waals surface area contributed by atoms with Crippen molar-refractivity contribution in [2.75, 3.05) is 10.6 Å². The van der Waals surface area contributed by atoms with Crippen LogP contribution in [0.3, 0.4) is 0 Å². The number of carbonyl (C=O) groups excluding carboxylic acids is 1. The largest absolute Gasteiger partial charge is 0.324 e. The van der Waals surface area contributed by atoms with Crippen LogP contribution >= 0.6 is 0 Å². The molecule has 0 aliphatic rings. The Kier molecular flexibility index (Phi) is 6.04. The number of rotatable bonds is 6. The van der Waals surface area contributed by atoms with Crippen molar-refractivity contribution in [3.8, 4) is 0 Å². The molecule has 0 atom stereocenters.